The molecule has 34 heavy (non-hydrogen) atoms. The summed E-state index contributed by atoms with van der Waals surface area (Å²) in [6, 6.07) is 4.59. The highest BCUT2D eigenvalue weighted by Crippen LogP contribution is 2.34. The van der Waals surface area contributed by atoms with E-state index in [2.05, 4.69) is 11.8 Å². The molecule has 1 fully saturated rings. The predicted octanol–water partition coefficient (Wildman–Crippen LogP) is 4.19. The average molecular weight is 473 g/mol. The summed E-state index contributed by atoms with van der Waals surface area (Å²) in [6.07, 6.45) is 1.86. The first-order valence-corrected chi connectivity index (χ1v) is 11.0. The maximum atomic E-state index is 15.6. The van der Waals surface area contributed by atoms with Gasteiger partial charge in [0.2, 0.25) is 5.43 Å². The fourth-order valence-corrected chi connectivity index (χ4v) is 4.71. The number of carbonyl (C=O) groups is 1. The highest BCUT2D eigenvalue weighted by molar-refractivity contribution is 5.95. The van der Waals surface area contributed by atoms with Gasteiger partial charge >= 0.3 is 5.97 Å². The molecule has 4 rings (SSSR count). The van der Waals surface area contributed by atoms with Crippen LogP contribution in [0.3, 0.4) is 0 Å². The van der Waals surface area contributed by atoms with Gasteiger partial charge in [0, 0.05) is 37.0 Å². The van der Waals surface area contributed by atoms with E-state index in [-0.39, 0.29) is 33.9 Å². The van der Waals surface area contributed by atoms with Gasteiger partial charge in [-0.1, -0.05) is 0 Å². The molecule has 1 saturated heterocycles. The summed E-state index contributed by atoms with van der Waals surface area (Å²) in [5.74, 6) is -3.57. The van der Waals surface area contributed by atoms with Crippen molar-refractivity contribution < 1.29 is 23.1 Å². The number of pyridine rings is 1. The molecule has 2 unspecified atom stereocenters. The van der Waals surface area contributed by atoms with Crippen LogP contribution in [-0.2, 0) is 0 Å². The Morgan fingerprint density at radius 3 is 2.50 bits per heavy atom. The van der Waals surface area contributed by atoms with Gasteiger partial charge < -0.3 is 19.5 Å². The molecule has 0 aliphatic carbocycles. The summed E-state index contributed by atoms with van der Waals surface area (Å²) in [4.78, 5) is 28.7. The molecular formula is C25H26F3N3O3. The van der Waals surface area contributed by atoms with Crippen LogP contribution in [0, 0.1) is 30.3 Å². The summed E-state index contributed by atoms with van der Waals surface area (Å²) >= 11 is 0. The molecule has 2 aromatic carbocycles. The van der Waals surface area contributed by atoms with Gasteiger partial charge in [-0.25, -0.2) is 18.0 Å². The van der Waals surface area contributed by atoms with Crippen molar-refractivity contribution in [2.24, 2.45) is 5.92 Å². The summed E-state index contributed by atoms with van der Waals surface area (Å²) in [7, 11) is 3.98. The van der Waals surface area contributed by atoms with Gasteiger partial charge in [-0.15, -0.1) is 0 Å². The van der Waals surface area contributed by atoms with E-state index in [1.807, 2.05) is 19.0 Å². The van der Waals surface area contributed by atoms with Crippen LogP contribution in [-0.4, -0.2) is 53.8 Å². The van der Waals surface area contributed by atoms with Crippen molar-refractivity contribution in [2.45, 2.75) is 26.3 Å². The summed E-state index contributed by atoms with van der Waals surface area (Å²) in [5, 5.41) is 9.40. The van der Waals surface area contributed by atoms with Crippen LogP contribution in [0.4, 0.5) is 18.9 Å². The molecule has 2 atom stereocenters. The minimum absolute atomic E-state index is 0.0130. The zero-order chi connectivity index (χ0) is 24.9. The smallest absolute Gasteiger partial charge is 0.341 e. The molecule has 1 aliphatic heterocycles. The fourth-order valence-electron chi connectivity index (χ4n) is 4.71. The second kappa shape index (κ2) is 8.79. The molecule has 0 amide bonds. The lowest BCUT2D eigenvalue weighted by Gasteiger charge is -2.27. The molecule has 3 aromatic rings. The van der Waals surface area contributed by atoms with Crippen molar-refractivity contribution in [2.75, 3.05) is 32.1 Å². The van der Waals surface area contributed by atoms with Gasteiger partial charge in [-0.2, -0.15) is 0 Å². The van der Waals surface area contributed by atoms with Crippen LogP contribution in [0.1, 0.15) is 29.3 Å². The Bertz CT molecular complexity index is 1350. The number of halogens is 3. The molecule has 6 nitrogen and oxygen atoms in total. The number of rotatable bonds is 5. The lowest BCUT2D eigenvalue weighted by molar-refractivity contribution is 0.0695. The number of carboxylic acids is 1. The van der Waals surface area contributed by atoms with Crippen molar-refractivity contribution >= 4 is 22.6 Å². The Balaban J connectivity index is 1.97. The largest absolute Gasteiger partial charge is 0.477 e. The lowest BCUT2D eigenvalue weighted by Crippen LogP contribution is -2.34. The molecule has 180 valence electrons. The number of aryl methyl sites for hydroxylation is 1. The van der Waals surface area contributed by atoms with Crippen LogP contribution >= 0.6 is 0 Å². The summed E-state index contributed by atoms with van der Waals surface area (Å²) < 4.78 is 45.0. The molecule has 9 heteroatoms. The number of anilines is 1. The van der Waals surface area contributed by atoms with Gasteiger partial charge in [0.25, 0.3) is 0 Å². The van der Waals surface area contributed by atoms with Gasteiger partial charge in [0.05, 0.1) is 22.3 Å². The Morgan fingerprint density at radius 2 is 1.88 bits per heavy atom. The first-order valence-electron chi connectivity index (χ1n) is 11.0. The van der Waals surface area contributed by atoms with E-state index < -0.39 is 34.4 Å². The van der Waals surface area contributed by atoms with Crippen molar-refractivity contribution in [3.8, 4) is 5.69 Å². The van der Waals surface area contributed by atoms with Gasteiger partial charge in [0.1, 0.15) is 23.0 Å². The van der Waals surface area contributed by atoms with Crippen LogP contribution in [0.15, 0.2) is 35.3 Å². The molecule has 1 aliphatic rings. The maximum Gasteiger partial charge on any atom is 0.341 e. The number of aromatic nitrogens is 1. The number of aromatic carboxylic acids is 1. The van der Waals surface area contributed by atoms with Gasteiger partial charge in [-0.05, 0) is 58.5 Å². The molecular weight excluding hydrogens is 447 g/mol. The van der Waals surface area contributed by atoms with E-state index in [0.717, 1.165) is 24.8 Å². The Hall–Kier alpha value is -3.33. The zero-order valence-corrected chi connectivity index (χ0v) is 19.4. The lowest BCUT2D eigenvalue weighted by atomic mass is 10.00. The third-order valence-electron chi connectivity index (χ3n) is 6.91. The topological polar surface area (TPSA) is 65.8 Å². The first kappa shape index (κ1) is 23.8. The highest BCUT2D eigenvalue weighted by Gasteiger charge is 2.31. The van der Waals surface area contributed by atoms with Crippen LogP contribution in [0.25, 0.3) is 16.6 Å². The maximum absolute atomic E-state index is 15.6. The minimum atomic E-state index is -1.52. The van der Waals surface area contributed by atoms with Crippen LogP contribution in [0.2, 0.25) is 0 Å². The zero-order valence-electron chi connectivity index (χ0n) is 19.4. The molecule has 0 saturated carbocycles. The van der Waals surface area contributed by atoms with E-state index in [4.69, 9.17) is 0 Å². The quantitative estimate of drug-likeness (QED) is 0.602. The van der Waals surface area contributed by atoms with E-state index in [9.17, 15) is 23.5 Å². The molecule has 2 heterocycles. The predicted molar refractivity (Wildman–Crippen MR) is 125 cm³/mol. The Labute approximate surface area is 194 Å². The Kier molecular flexibility index (Phi) is 6.16. The van der Waals surface area contributed by atoms with Crippen molar-refractivity contribution in [1.82, 2.24) is 9.47 Å². The highest BCUT2D eigenvalue weighted by atomic mass is 19.1. The minimum Gasteiger partial charge on any atom is -0.477 e. The third-order valence-corrected chi connectivity index (χ3v) is 6.91. The number of hydrogen-bond donors (Lipinski definition) is 1. The number of hydrogen-bond acceptors (Lipinski definition) is 4. The number of benzene rings is 2. The number of nitrogens with zero attached hydrogens (tertiary/aromatic N) is 3. The van der Waals surface area contributed by atoms with Crippen molar-refractivity contribution in [1.29, 1.82) is 0 Å². The normalized spacial score (nSPS) is 17.1. The molecule has 0 spiro atoms. The van der Waals surface area contributed by atoms with Crippen LogP contribution in [0.5, 0.6) is 0 Å². The van der Waals surface area contributed by atoms with E-state index in [0.29, 0.717) is 25.1 Å². The summed E-state index contributed by atoms with van der Waals surface area (Å²) in [6.45, 7) is 4.73. The molecule has 1 aromatic heterocycles. The molecule has 0 bridgehead atoms. The fraction of sp³-hybridized carbons (Fsp3) is 0.360. The van der Waals surface area contributed by atoms with E-state index >= 15 is 4.39 Å². The van der Waals surface area contributed by atoms with Crippen molar-refractivity contribution in [3.05, 3.63) is 69.3 Å². The monoisotopic (exact) mass is 473 g/mol. The van der Waals surface area contributed by atoms with E-state index in [1.165, 1.54) is 17.6 Å². The van der Waals surface area contributed by atoms with Crippen LogP contribution < -0.4 is 10.3 Å². The molecule has 0 radical (unpaired) electrons. The Morgan fingerprint density at radius 1 is 1.18 bits per heavy atom. The van der Waals surface area contributed by atoms with E-state index in [1.54, 1.807) is 0 Å². The third kappa shape index (κ3) is 3.94. The second-order valence-corrected chi connectivity index (χ2v) is 9.07. The summed E-state index contributed by atoms with van der Waals surface area (Å²) in [5.41, 5.74) is -1.24. The second-order valence-electron chi connectivity index (χ2n) is 9.07. The standard InChI is InChI=1S/C25H26F3N3O3/c1-13-22-20(10-21(23(13)28)30-8-7-15(11-30)14(2)29(3)4)31(12-17(24(22)32)25(33)34)19-6-5-16(26)9-18(19)27/h5-6,9-10,12,14-15H,7-8,11H2,1-4H3,(H,33,34). The SMILES string of the molecule is Cc1c(F)c(N2CCC(C(C)N(C)C)C2)cc2c1c(=O)c(C(=O)O)cn2-c1ccc(F)cc1F. The average Bonchev–Trinajstić information content (AvgIpc) is 3.25. The molecule has 1 N–H and O–H groups in total. The first-order chi connectivity index (χ1) is 16.0. The number of carboxylic acid groups (broad SMARTS) is 1. The van der Waals surface area contributed by atoms with Gasteiger partial charge in [-0.3, -0.25) is 4.79 Å². The number of fused-ring (bicyclic) bond motifs is 1. The van der Waals surface area contributed by atoms with Gasteiger partial charge in [0.15, 0.2) is 0 Å². The van der Waals surface area contributed by atoms with Crippen molar-refractivity contribution in [3.63, 3.8) is 0 Å².